The third kappa shape index (κ3) is 3.58. The van der Waals surface area contributed by atoms with E-state index >= 15 is 0 Å². The van der Waals surface area contributed by atoms with Crippen molar-refractivity contribution in [3.8, 4) is 0 Å². The minimum atomic E-state index is -1.03. The van der Waals surface area contributed by atoms with E-state index in [4.69, 9.17) is 5.21 Å². The Morgan fingerprint density at radius 2 is 1.88 bits per heavy atom. The van der Waals surface area contributed by atoms with Gasteiger partial charge in [0.15, 0.2) is 11.6 Å². The Kier molecular flexibility index (Phi) is 4.62. The maximum atomic E-state index is 13.6. The van der Waals surface area contributed by atoms with Gasteiger partial charge in [-0.3, -0.25) is 14.8 Å². The molecule has 3 rings (SSSR count). The lowest BCUT2D eigenvalue weighted by atomic mass is 10.1. The Labute approximate surface area is 142 Å². The second-order valence-corrected chi connectivity index (χ2v) is 5.64. The van der Waals surface area contributed by atoms with Crippen molar-refractivity contribution < 1.29 is 23.6 Å². The smallest absolute Gasteiger partial charge is 0.274 e. The van der Waals surface area contributed by atoms with Gasteiger partial charge in [-0.25, -0.2) is 14.3 Å². The summed E-state index contributed by atoms with van der Waals surface area (Å²) in [6.07, 6.45) is 0.183. The van der Waals surface area contributed by atoms with Crippen LogP contribution in [0.3, 0.4) is 0 Å². The molecule has 1 aliphatic heterocycles. The largest absolute Gasteiger partial charge is 0.365 e. The molecule has 0 saturated carbocycles. The number of fused-ring (bicyclic) bond motifs is 1. The van der Waals surface area contributed by atoms with E-state index in [1.54, 1.807) is 22.5 Å². The highest BCUT2D eigenvalue weighted by molar-refractivity contribution is 5.96. The molecule has 0 radical (unpaired) electrons. The molecule has 0 fully saturated rings. The zero-order chi connectivity index (χ0) is 18.0. The van der Waals surface area contributed by atoms with Gasteiger partial charge in [-0.05, 0) is 17.7 Å². The second kappa shape index (κ2) is 6.86. The standard InChI is InChI=1S/C17H15F2N3O3/c18-12-7-14-15(8-13(12)19)22(6-5-16(23)20-14)9-10-1-3-11(4-2-10)17(24)21-25/h1-4,7-8,25H,5-6,9H2,(H,20,23)(H,21,24). The number of amides is 2. The van der Waals surface area contributed by atoms with Crippen LogP contribution in [0.2, 0.25) is 0 Å². The van der Waals surface area contributed by atoms with Crippen molar-refractivity contribution in [2.75, 3.05) is 16.8 Å². The van der Waals surface area contributed by atoms with Crippen molar-refractivity contribution in [2.24, 2.45) is 0 Å². The van der Waals surface area contributed by atoms with Gasteiger partial charge >= 0.3 is 0 Å². The monoisotopic (exact) mass is 347 g/mol. The number of nitrogens with one attached hydrogen (secondary N) is 2. The number of hydrogen-bond donors (Lipinski definition) is 3. The van der Waals surface area contributed by atoms with Crippen LogP contribution in [0, 0.1) is 11.6 Å². The average Bonchev–Trinajstić information content (AvgIpc) is 2.75. The topological polar surface area (TPSA) is 81.7 Å². The Balaban J connectivity index is 1.88. The summed E-state index contributed by atoms with van der Waals surface area (Å²) in [6.45, 7) is 0.677. The van der Waals surface area contributed by atoms with Crippen molar-refractivity contribution >= 4 is 23.2 Å². The lowest BCUT2D eigenvalue weighted by Gasteiger charge is -2.24. The van der Waals surface area contributed by atoms with Gasteiger partial charge in [0.1, 0.15) is 0 Å². The summed E-state index contributed by atoms with van der Waals surface area (Å²) in [5, 5.41) is 11.2. The number of carbonyl (C=O) groups excluding carboxylic acids is 2. The molecule has 8 heteroatoms. The number of rotatable bonds is 3. The minimum Gasteiger partial charge on any atom is -0.365 e. The molecule has 0 saturated heterocycles. The number of carbonyl (C=O) groups is 2. The SMILES string of the molecule is O=C1CCN(Cc2ccc(C(=O)NO)cc2)c2cc(F)c(F)cc2N1. The molecule has 2 aromatic carbocycles. The number of benzene rings is 2. The fourth-order valence-corrected chi connectivity index (χ4v) is 2.68. The third-order valence-corrected chi connectivity index (χ3v) is 3.95. The van der Waals surface area contributed by atoms with Crippen LogP contribution in [0.4, 0.5) is 20.2 Å². The van der Waals surface area contributed by atoms with Crippen molar-refractivity contribution in [2.45, 2.75) is 13.0 Å². The Bertz CT molecular complexity index is 825. The molecule has 2 aromatic rings. The van der Waals surface area contributed by atoms with E-state index in [-0.39, 0.29) is 23.6 Å². The first-order chi connectivity index (χ1) is 12.0. The van der Waals surface area contributed by atoms with Crippen LogP contribution in [0.15, 0.2) is 36.4 Å². The zero-order valence-corrected chi connectivity index (χ0v) is 13.1. The van der Waals surface area contributed by atoms with E-state index in [0.29, 0.717) is 18.8 Å². The molecule has 1 aliphatic rings. The number of nitrogens with zero attached hydrogens (tertiary/aromatic N) is 1. The average molecular weight is 347 g/mol. The summed E-state index contributed by atoms with van der Waals surface area (Å²) in [5.41, 5.74) is 3.25. The van der Waals surface area contributed by atoms with E-state index in [0.717, 1.165) is 17.7 Å². The van der Waals surface area contributed by atoms with E-state index in [1.165, 1.54) is 12.1 Å². The lowest BCUT2D eigenvalue weighted by Crippen LogP contribution is -2.24. The van der Waals surface area contributed by atoms with Crippen molar-refractivity contribution in [1.29, 1.82) is 0 Å². The molecule has 3 N–H and O–H groups in total. The van der Waals surface area contributed by atoms with Gasteiger partial charge in [0.05, 0.1) is 11.4 Å². The van der Waals surface area contributed by atoms with Crippen molar-refractivity contribution in [3.05, 3.63) is 59.2 Å². The van der Waals surface area contributed by atoms with Gasteiger partial charge in [0.2, 0.25) is 5.91 Å². The van der Waals surface area contributed by atoms with Gasteiger partial charge in [0, 0.05) is 37.2 Å². The molecule has 0 aromatic heterocycles. The van der Waals surface area contributed by atoms with Gasteiger partial charge < -0.3 is 10.2 Å². The Morgan fingerprint density at radius 3 is 2.56 bits per heavy atom. The lowest BCUT2D eigenvalue weighted by molar-refractivity contribution is -0.115. The van der Waals surface area contributed by atoms with Crippen LogP contribution in [-0.2, 0) is 11.3 Å². The van der Waals surface area contributed by atoms with Crippen LogP contribution in [-0.4, -0.2) is 23.6 Å². The molecule has 6 nitrogen and oxygen atoms in total. The molecule has 0 aliphatic carbocycles. The van der Waals surface area contributed by atoms with Crippen LogP contribution in [0.1, 0.15) is 22.3 Å². The van der Waals surface area contributed by atoms with Gasteiger partial charge in [-0.1, -0.05) is 12.1 Å². The highest BCUT2D eigenvalue weighted by Crippen LogP contribution is 2.32. The molecular weight excluding hydrogens is 332 g/mol. The molecule has 1 heterocycles. The molecule has 0 bridgehead atoms. The summed E-state index contributed by atoms with van der Waals surface area (Å²) in [7, 11) is 0. The molecule has 130 valence electrons. The summed E-state index contributed by atoms with van der Waals surface area (Å²) >= 11 is 0. The van der Waals surface area contributed by atoms with Crippen LogP contribution < -0.4 is 15.7 Å². The predicted molar refractivity (Wildman–Crippen MR) is 86.3 cm³/mol. The molecular formula is C17H15F2N3O3. The molecule has 2 amide bonds. The van der Waals surface area contributed by atoms with Gasteiger partial charge in [-0.15, -0.1) is 0 Å². The number of hydrogen-bond acceptors (Lipinski definition) is 4. The van der Waals surface area contributed by atoms with E-state index in [9.17, 15) is 18.4 Å². The molecule has 25 heavy (non-hydrogen) atoms. The van der Waals surface area contributed by atoms with E-state index < -0.39 is 17.5 Å². The molecule has 0 spiro atoms. The maximum Gasteiger partial charge on any atom is 0.274 e. The predicted octanol–water partition coefficient (Wildman–Crippen LogP) is 2.43. The molecule has 0 unspecified atom stereocenters. The normalized spacial score (nSPS) is 13.7. The zero-order valence-electron chi connectivity index (χ0n) is 13.1. The highest BCUT2D eigenvalue weighted by atomic mass is 19.2. The van der Waals surface area contributed by atoms with Crippen LogP contribution in [0.5, 0.6) is 0 Å². The highest BCUT2D eigenvalue weighted by Gasteiger charge is 2.22. The Morgan fingerprint density at radius 1 is 1.20 bits per heavy atom. The van der Waals surface area contributed by atoms with Crippen molar-refractivity contribution in [1.82, 2.24) is 5.48 Å². The first-order valence-electron chi connectivity index (χ1n) is 7.55. The fraction of sp³-hybridized carbons (Fsp3) is 0.176. The number of anilines is 2. The number of halogens is 2. The van der Waals surface area contributed by atoms with E-state index in [2.05, 4.69) is 5.32 Å². The Hall–Kier alpha value is -3.00. The number of hydroxylamine groups is 1. The summed E-state index contributed by atoms with van der Waals surface area (Å²) in [5.74, 6) is -2.92. The summed E-state index contributed by atoms with van der Waals surface area (Å²) in [4.78, 5) is 24.9. The quantitative estimate of drug-likeness (QED) is 0.588. The van der Waals surface area contributed by atoms with E-state index in [1.807, 2.05) is 0 Å². The third-order valence-electron chi connectivity index (χ3n) is 3.95. The maximum absolute atomic E-state index is 13.6. The molecule has 0 atom stereocenters. The second-order valence-electron chi connectivity index (χ2n) is 5.64. The first kappa shape index (κ1) is 16.8. The van der Waals surface area contributed by atoms with Crippen LogP contribution in [0.25, 0.3) is 0 Å². The van der Waals surface area contributed by atoms with Crippen LogP contribution >= 0.6 is 0 Å². The summed E-state index contributed by atoms with van der Waals surface area (Å²) < 4.78 is 27.1. The van der Waals surface area contributed by atoms with Crippen molar-refractivity contribution in [3.63, 3.8) is 0 Å². The minimum absolute atomic E-state index is 0.183. The summed E-state index contributed by atoms with van der Waals surface area (Å²) in [6, 6.07) is 8.47. The van der Waals surface area contributed by atoms with Gasteiger partial charge in [0.25, 0.3) is 5.91 Å². The van der Waals surface area contributed by atoms with Gasteiger partial charge in [-0.2, -0.15) is 0 Å². The fourth-order valence-electron chi connectivity index (χ4n) is 2.68. The first-order valence-corrected chi connectivity index (χ1v) is 7.55.